The van der Waals surface area contributed by atoms with E-state index in [0.717, 1.165) is 12.1 Å². The first-order valence-electron chi connectivity index (χ1n) is 7.42. The van der Waals surface area contributed by atoms with E-state index in [1.165, 1.54) is 26.0 Å². The van der Waals surface area contributed by atoms with Gasteiger partial charge >= 0.3 is 0 Å². The maximum absolute atomic E-state index is 14.0. The number of aliphatic hydroxyl groups is 1. The van der Waals surface area contributed by atoms with E-state index in [-0.39, 0.29) is 28.6 Å². The van der Waals surface area contributed by atoms with Gasteiger partial charge in [-0.2, -0.15) is 0 Å². The van der Waals surface area contributed by atoms with Crippen LogP contribution in [-0.4, -0.2) is 23.2 Å². The Kier molecular flexibility index (Phi) is 6.78. The third-order valence-corrected chi connectivity index (χ3v) is 4.06. The standard InChI is InChI=1S/C17H16ClF2IN2O3/c1-17(2,25)8-26-23-16(24)10-6-11(18)12(19)7-15(10)22-14-4-3-9(21)5-13(14)20/h3-7,22,25H,8H2,1-2H3,(H,23,24). The molecule has 26 heavy (non-hydrogen) atoms. The van der Waals surface area contributed by atoms with Crippen LogP contribution in [0, 0.1) is 15.2 Å². The number of halogens is 4. The minimum atomic E-state index is -1.15. The summed E-state index contributed by atoms with van der Waals surface area (Å²) in [6.45, 7) is 2.84. The predicted molar refractivity (Wildman–Crippen MR) is 104 cm³/mol. The van der Waals surface area contributed by atoms with E-state index < -0.39 is 23.1 Å². The van der Waals surface area contributed by atoms with Crippen molar-refractivity contribution >= 4 is 51.5 Å². The summed E-state index contributed by atoms with van der Waals surface area (Å²) in [5.74, 6) is -2.06. The molecule has 0 aromatic heterocycles. The fourth-order valence-electron chi connectivity index (χ4n) is 1.91. The molecule has 5 nitrogen and oxygen atoms in total. The largest absolute Gasteiger partial charge is 0.388 e. The molecule has 0 unspecified atom stereocenters. The van der Waals surface area contributed by atoms with Crippen molar-refractivity contribution in [3.63, 3.8) is 0 Å². The smallest absolute Gasteiger partial charge is 0.277 e. The lowest BCUT2D eigenvalue weighted by atomic mass is 10.1. The van der Waals surface area contributed by atoms with E-state index in [2.05, 4.69) is 10.8 Å². The van der Waals surface area contributed by atoms with Crippen LogP contribution in [0.25, 0.3) is 0 Å². The second-order valence-electron chi connectivity index (χ2n) is 6.09. The molecule has 9 heteroatoms. The quantitative estimate of drug-likeness (QED) is 0.410. The Balaban J connectivity index is 2.28. The number of hydroxylamine groups is 1. The van der Waals surface area contributed by atoms with Gasteiger partial charge in [0.2, 0.25) is 0 Å². The number of carbonyl (C=O) groups excluding carboxylic acids is 1. The van der Waals surface area contributed by atoms with Crippen molar-refractivity contribution in [3.8, 4) is 0 Å². The molecule has 0 saturated heterocycles. The molecule has 0 atom stereocenters. The van der Waals surface area contributed by atoms with Crippen molar-refractivity contribution in [2.75, 3.05) is 11.9 Å². The van der Waals surface area contributed by atoms with Crippen molar-refractivity contribution in [3.05, 3.63) is 56.1 Å². The fourth-order valence-corrected chi connectivity index (χ4v) is 2.52. The van der Waals surface area contributed by atoms with Crippen LogP contribution in [-0.2, 0) is 4.84 Å². The summed E-state index contributed by atoms with van der Waals surface area (Å²) in [7, 11) is 0. The molecule has 0 fully saturated rings. The average Bonchev–Trinajstić information content (AvgIpc) is 2.51. The number of amides is 1. The SMILES string of the molecule is CC(C)(O)CONC(=O)c1cc(Cl)c(F)cc1Nc1ccc(I)cc1F. The molecule has 0 radical (unpaired) electrons. The van der Waals surface area contributed by atoms with Gasteiger partial charge in [0, 0.05) is 3.57 Å². The number of nitrogens with one attached hydrogen (secondary N) is 2. The summed E-state index contributed by atoms with van der Waals surface area (Å²) in [5.41, 5.74) is 1.01. The molecule has 3 N–H and O–H groups in total. The molecule has 2 aromatic rings. The summed E-state index contributed by atoms with van der Waals surface area (Å²) in [6.07, 6.45) is 0. The van der Waals surface area contributed by atoms with Crippen LogP contribution in [0.15, 0.2) is 30.3 Å². The van der Waals surface area contributed by atoms with Gasteiger partial charge in [-0.05, 0) is 66.8 Å². The van der Waals surface area contributed by atoms with Gasteiger partial charge in [-0.15, -0.1) is 0 Å². The molecule has 0 aliphatic heterocycles. The average molecular weight is 497 g/mol. The molecule has 0 heterocycles. The highest BCUT2D eigenvalue weighted by atomic mass is 127. The number of carbonyl (C=O) groups is 1. The minimum absolute atomic E-state index is 0.0105. The molecule has 0 saturated carbocycles. The van der Waals surface area contributed by atoms with Gasteiger partial charge in [-0.25, -0.2) is 14.3 Å². The molecule has 0 bridgehead atoms. The van der Waals surface area contributed by atoms with E-state index in [1.807, 2.05) is 22.6 Å². The molecule has 1 amide bonds. The monoisotopic (exact) mass is 496 g/mol. The highest BCUT2D eigenvalue weighted by molar-refractivity contribution is 14.1. The lowest BCUT2D eigenvalue weighted by molar-refractivity contribution is -0.0522. The van der Waals surface area contributed by atoms with Crippen LogP contribution >= 0.6 is 34.2 Å². The van der Waals surface area contributed by atoms with Crippen molar-refractivity contribution in [1.29, 1.82) is 0 Å². The zero-order valence-electron chi connectivity index (χ0n) is 13.9. The predicted octanol–water partition coefficient (Wildman–Crippen LogP) is 4.40. The summed E-state index contributed by atoms with van der Waals surface area (Å²) >= 11 is 7.71. The first-order chi connectivity index (χ1) is 12.1. The van der Waals surface area contributed by atoms with Crippen molar-refractivity contribution in [2.45, 2.75) is 19.4 Å². The maximum Gasteiger partial charge on any atom is 0.277 e. The molecular weight excluding hydrogens is 481 g/mol. The van der Waals surface area contributed by atoms with Crippen molar-refractivity contribution in [1.82, 2.24) is 5.48 Å². The van der Waals surface area contributed by atoms with E-state index in [0.29, 0.717) is 3.57 Å². The van der Waals surface area contributed by atoms with Gasteiger partial charge in [-0.3, -0.25) is 9.63 Å². The van der Waals surface area contributed by atoms with Crippen LogP contribution in [0.3, 0.4) is 0 Å². The Bertz CT molecular complexity index is 828. The maximum atomic E-state index is 14.0. The van der Waals surface area contributed by atoms with Gasteiger partial charge in [0.05, 0.1) is 27.6 Å². The second kappa shape index (κ2) is 8.47. The topological polar surface area (TPSA) is 70.6 Å². The number of anilines is 2. The van der Waals surface area contributed by atoms with Gasteiger partial charge in [0.1, 0.15) is 18.2 Å². The summed E-state index contributed by atoms with van der Waals surface area (Å²) in [4.78, 5) is 17.3. The second-order valence-corrected chi connectivity index (χ2v) is 7.75. The molecule has 2 aromatic carbocycles. The number of benzene rings is 2. The van der Waals surface area contributed by atoms with Crippen LogP contribution in [0.2, 0.25) is 5.02 Å². The third-order valence-electron chi connectivity index (χ3n) is 3.10. The zero-order valence-corrected chi connectivity index (χ0v) is 16.8. The van der Waals surface area contributed by atoms with Crippen molar-refractivity contribution in [2.24, 2.45) is 0 Å². The Morgan fingerprint density at radius 2 is 1.92 bits per heavy atom. The lowest BCUT2D eigenvalue weighted by Crippen LogP contribution is -2.33. The van der Waals surface area contributed by atoms with Gasteiger partial charge in [-0.1, -0.05) is 11.6 Å². The van der Waals surface area contributed by atoms with Crippen LogP contribution in [0.4, 0.5) is 20.2 Å². The summed E-state index contributed by atoms with van der Waals surface area (Å²) in [5, 5.41) is 12.0. The molecule has 140 valence electrons. The summed E-state index contributed by atoms with van der Waals surface area (Å²) < 4.78 is 28.6. The highest BCUT2D eigenvalue weighted by Gasteiger charge is 2.19. The zero-order chi connectivity index (χ0) is 19.5. The first kappa shape index (κ1) is 20.8. The Morgan fingerprint density at radius 3 is 2.54 bits per heavy atom. The van der Waals surface area contributed by atoms with E-state index in [1.54, 1.807) is 6.07 Å². The normalized spacial score (nSPS) is 11.3. The van der Waals surface area contributed by atoms with E-state index in [9.17, 15) is 18.7 Å². The van der Waals surface area contributed by atoms with Crippen LogP contribution in [0.5, 0.6) is 0 Å². The molecule has 0 spiro atoms. The third kappa shape index (κ3) is 5.76. The molecule has 0 aliphatic carbocycles. The number of rotatable bonds is 6. The lowest BCUT2D eigenvalue weighted by Gasteiger charge is -2.18. The number of hydrogen-bond acceptors (Lipinski definition) is 4. The van der Waals surface area contributed by atoms with Crippen molar-refractivity contribution < 1.29 is 23.5 Å². The highest BCUT2D eigenvalue weighted by Crippen LogP contribution is 2.28. The molecule has 0 aliphatic rings. The molecular formula is C17H16ClF2IN2O3. The van der Waals surface area contributed by atoms with Gasteiger partial charge < -0.3 is 10.4 Å². The van der Waals surface area contributed by atoms with E-state index >= 15 is 0 Å². The summed E-state index contributed by atoms with van der Waals surface area (Å²) in [6, 6.07) is 6.51. The van der Waals surface area contributed by atoms with Crippen LogP contribution in [0.1, 0.15) is 24.2 Å². The number of hydrogen-bond donors (Lipinski definition) is 3. The van der Waals surface area contributed by atoms with Crippen LogP contribution < -0.4 is 10.8 Å². The molecule has 2 rings (SSSR count). The minimum Gasteiger partial charge on any atom is -0.388 e. The Morgan fingerprint density at radius 1 is 1.23 bits per heavy atom. The van der Waals surface area contributed by atoms with Gasteiger partial charge in [0.15, 0.2) is 0 Å². The fraction of sp³-hybridized carbons (Fsp3) is 0.235. The van der Waals surface area contributed by atoms with E-state index in [4.69, 9.17) is 16.4 Å². The first-order valence-corrected chi connectivity index (χ1v) is 8.88. The Labute approximate surface area is 167 Å². The Hall–Kier alpha value is -1.49. The van der Waals surface area contributed by atoms with Gasteiger partial charge in [0.25, 0.3) is 5.91 Å².